The number of aromatic nitrogens is 1. The molecule has 0 fully saturated rings. The minimum Gasteiger partial charge on any atom is -0.488 e. The molecular weight excluding hydrogens is 425 g/mol. The van der Waals surface area contributed by atoms with Gasteiger partial charge < -0.3 is 9.15 Å². The number of hydrogen-bond acceptors (Lipinski definition) is 3. The molecule has 0 saturated heterocycles. The monoisotopic (exact) mass is 449 g/mol. The molecule has 1 aromatic heterocycles. The third-order valence-electron chi connectivity index (χ3n) is 5.03. The highest BCUT2D eigenvalue weighted by molar-refractivity contribution is 6.30. The molecule has 0 saturated carbocycles. The largest absolute Gasteiger partial charge is 0.488 e. The average Bonchev–Trinajstić information content (AvgIpc) is 3.12. The van der Waals surface area contributed by atoms with Gasteiger partial charge in [-0.1, -0.05) is 60.1 Å². The van der Waals surface area contributed by atoms with Gasteiger partial charge in [-0.15, -0.1) is 0 Å². The Morgan fingerprint density at radius 2 is 1.56 bits per heavy atom. The molecule has 1 heterocycles. The van der Waals surface area contributed by atoms with Crippen molar-refractivity contribution >= 4 is 11.6 Å². The van der Waals surface area contributed by atoms with E-state index in [1.165, 1.54) is 6.07 Å². The van der Waals surface area contributed by atoms with E-state index < -0.39 is 0 Å². The maximum Gasteiger partial charge on any atom is 0.199 e. The van der Waals surface area contributed by atoms with Gasteiger partial charge in [0.15, 0.2) is 17.5 Å². The Morgan fingerprint density at radius 1 is 0.875 bits per heavy atom. The third-order valence-corrected chi connectivity index (χ3v) is 5.28. The summed E-state index contributed by atoms with van der Waals surface area (Å²) in [4.78, 5) is 4.78. The minimum atomic E-state index is -0.375. The van der Waals surface area contributed by atoms with Crippen molar-refractivity contribution < 1.29 is 13.5 Å². The van der Waals surface area contributed by atoms with Gasteiger partial charge in [0.1, 0.15) is 5.76 Å². The average molecular weight is 450 g/mol. The maximum atomic E-state index is 14.5. The second kappa shape index (κ2) is 10.0. The van der Waals surface area contributed by atoms with Crippen molar-refractivity contribution in [2.24, 2.45) is 0 Å². The van der Waals surface area contributed by atoms with E-state index in [1.54, 1.807) is 6.07 Å². The Morgan fingerprint density at radius 3 is 2.25 bits per heavy atom. The van der Waals surface area contributed by atoms with E-state index in [4.69, 9.17) is 25.7 Å². The van der Waals surface area contributed by atoms with Crippen LogP contribution >= 0.6 is 11.6 Å². The maximum absolute atomic E-state index is 14.5. The number of oxazole rings is 1. The summed E-state index contributed by atoms with van der Waals surface area (Å²) in [6.07, 6.45) is 1.58. The first-order valence-electron chi connectivity index (χ1n) is 10.7. The first-order chi connectivity index (χ1) is 15.5. The summed E-state index contributed by atoms with van der Waals surface area (Å²) in [5.41, 5.74) is 3.86. The van der Waals surface area contributed by atoms with Gasteiger partial charge in [-0.05, 0) is 54.8 Å². The molecule has 0 amide bonds. The molecule has 4 aromatic rings. The van der Waals surface area contributed by atoms with Crippen LogP contribution in [0.4, 0.5) is 4.39 Å². The normalized spacial score (nSPS) is 11.2. The summed E-state index contributed by atoms with van der Waals surface area (Å²) in [5.74, 6) is 1.27. The Hall–Kier alpha value is -3.11. The number of hydrogen-bond donors (Lipinski definition) is 0. The third kappa shape index (κ3) is 5.77. The minimum absolute atomic E-state index is 0.0869. The molecule has 0 aliphatic carbocycles. The van der Waals surface area contributed by atoms with Crippen molar-refractivity contribution in [3.63, 3.8) is 0 Å². The molecule has 4 rings (SSSR count). The van der Waals surface area contributed by atoms with Gasteiger partial charge in [-0.25, -0.2) is 9.37 Å². The van der Waals surface area contributed by atoms with Crippen LogP contribution in [0, 0.1) is 5.82 Å². The fourth-order valence-corrected chi connectivity index (χ4v) is 3.67. The van der Waals surface area contributed by atoms with Crippen molar-refractivity contribution in [2.75, 3.05) is 0 Å². The fourth-order valence-electron chi connectivity index (χ4n) is 3.54. The highest BCUT2D eigenvalue weighted by atomic mass is 35.5. The Labute approximate surface area is 192 Å². The lowest BCUT2D eigenvalue weighted by molar-refractivity contribution is 0.231. The van der Waals surface area contributed by atoms with E-state index in [1.807, 2.05) is 74.5 Å². The predicted octanol–water partition coefficient (Wildman–Crippen LogP) is 7.03. The number of ether oxygens (including phenoxy) is 1. The second-order valence-corrected chi connectivity index (χ2v) is 8.49. The van der Waals surface area contributed by atoms with E-state index in [2.05, 4.69) is 0 Å². The van der Waals surface area contributed by atoms with Crippen LogP contribution in [0.15, 0.2) is 77.2 Å². The first-order valence-corrected chi connectivity index (χ1v) is 11.0. The zero-order chi connectivity index (χ0) is 22.5. The van der Waals surface area contributed by atoms with Crippen molar-refractivity contribution in [3.8, 4) is 5.75 Å². The van der Waals surface area contributed by atoms with Gasteiger partial charge in [-0.3, -0.25) is 0 Å². The summed E-state index contributed by atoms with van der Waals surface area (Å²) in [5, 5.41) is 0.693. The lowest BCUT2D eigenvalue weighted by atomic mass is 10.0. The van der Waals surface area contributed by atoms with Crippen LogP contribution in [0.5, 0.6) is 5.75 Å². The van der Waals surface area contributed by atoms with Crippen LogP contribution in [0.25, 0.3) is 0 Å². The standard InChI is InChI=1S/C27H25ClFNO2/c1-18(2)31-25-13-10-21(14-23(25)29)16-26-24(15-20-8-11-22(28)12-9-20)30-27(32-26)17-19-6-4-3-5-7-19/h3-14,18H,15-17H2,1-2H3. The van der Waals surface area contributed by atoms with Crippen molar-refractivity contribution in [1.82, 2.24) is 4.98 Å². The predicted molar refractivity (Wildman–Crippen MR) is 125 cm³/mol. The molecule has 0 aliphatic heterocycles. The molecule has 3 aromatic carbocycles. The number of benzene rings is 3. The van der Waals surface area contributed by atoms with Crippen LogP contribution in [0.2, 0.25) is 5.02 Å². The van der Waals surface area contributed by atoms with Gasteiger partial charge in [0.25, 0.3) is 0 Å². The van der Waals surface area contributed by atoms with Gasteiger partial charge >= 0.3 is 0 Å². The number of rotatable bonds is 8. The van der Waals surface area contributed by atoms with E-state index in [0.717, 1.165) is 28.1 Å². The molecule has 0 aliphatic rings. The summed E-state index contributed by atoms with van der Waals surface area (Å²) in [6, 6.07) is 22.8. The summed E-state index contributed by atoms with van der Waals surface area (Å²) < 4.78 is 26.2. The smallest absolute Gasteiger partial charge is 0.199 e. The zero-order valence-electron chi connectivity index (χ0n) is 18.1. The van der Waals surface area contributed by atoms with Crippen molar-refractivity contribution in [1.29, 1.82) is 0 Å². The summed E-state index contributed by atoms with van der Waals surface area (Å²) >= 11 is 6.03. The number of nitrogens with zero attached hydrogens (tertiary/aromatic N) is 1. The van der Waals surface area contributed by atoms with Crippen molar-refractivity contribution in [2.45, 2.75) is 39.2 Å². The molecule has 0 bridgehead atoms. The lowest BCUT2D eigenvalue weighted by Crippen LogP contribution is -2.07. The highest BCUT2D eigenvalue weighted by Crippen LogP contribution is 2.25. The highest BCUT2D eigenvalue weighted by Gasteiger charge is 2.16. The molecule has 3 nitrogen and oxygen atoms in total. The number of halogens is 2. The fraction of sp³-hybridized carbons (Fsp3) is 0.222. The van der Waals surface area contributed by atoms with Gasteiger partial charge in [0.2, 0.25) is 0 Å². The molecule has 0 N–H and O–H groups in total. The van der Waals surface area contributed by atoms with Crippen LogP contribution < -0.4 is 4.74 Å². The first kappa shape index (κ1) is 22.1. The van der Waals surface area contributed by atoms with E-state index in [9.17, 15) is 4.39 Å². The SMILES string of the molecule is CC(C)Oc1ccc(Cc2oc(Cc3ccccc3)nc2Cc2ccc(Cl)cc2)cc1F. The summed E-state index contributed by atoms with van der Waals surface area (Å²) in [7, 11) is 0. The van der Waals surface area contributed by atoms with Gasteiger partial charge in [0, 0.05) is 24.3 Å². The van der Waals surface area contributed by atoms with E-state index in [0.29, 0.717) is 30.2 Å². The Kier molecular flexibility index (Phi) is 6.91. The Bertz CT molecular complexity index is 1170. The van der Waals surface area contributed by atoms with Crippen LogP contribution in [-0.2, 0) is 19.3 Å². The Balaban J connectivity index is 1.61. The second-order valence-electron chi connectivity index (χ2n) is 8.05. The van der Waals surface area contributed by atoms with E-state index >= 15 is 0 Å². The molecule has 164 valence electrons. The molecule has 32 heavy (non-hydrogen) atoms. The van der Waals surface area contributed by atoms with Crippen molar-refractivity contribution in [3.05, 3.63) is 118 Å². The van der Waals surface area contributed by atoms with Gasteiger partial charge in [0.05, 0.1) is 11.8 Å². The summed E-state index contributed by atoms with van der Waals surface area (Å²) in [6.45, 7) is 3.75. The quantitative estimate of drug-likeness (QED) is 0.289. The van der Waals surface area contributed by atoms with Crippen LogP contribution in [0.3, 0.4) is 0 Å². The zero-order valence-corrected chi connectivity index (χ0v) is 18.9. The molecule has 0 atom stereocenters. The molecule has 5 heteroatoms. The van der Waals surface area contributed by atoms with Crippen LogP contribution in [0.1, 0.15) is 47.9 Å². The molecular formula is C27H25ClFNO2. The molecule has 0 unspecified atom stereocenters. The van der Waals surface area contributed by atoms with Crippen LogP contribution in [-0.4, -0.2) is 11.1 Å². The van der Waals surface area contributed by atoms with E-state index in [-0.39, 0.29) is 17.7 Å². The van der Waals surface area contributed by atoms with Gasteiger partial charge in [-0.2, -0.15) is 0 Å². The molecule has 0 spiro atoms. The topological polar surface area (TPSA) is 35.3 Å². The lowest BCUT2D eigenvalue weighted by Gasteiger charge is -2.11. The molecule has 0 radical (unpaired) electrons.